The van der Waals surface area contributed by atoms with E-state index in [1.54, 1.807) is 31.4 Å². The molecule has 0 spiro atoms. The van der Waals surface area contributed by atoms with Gasteiger partial charge in [-0.3, -0.25) is 14.2 Å². The molecule has 0 saturated carbocycles. The summed E-state index contributed by atoms with van der Waals surface area (Å²) >= 11 is 1.24. The Morgan fingerprint density at radius 2 is 2.09 bits per heavy atom. The molecule has 0 bridgehead atoms. The van der Waals surface area contributed by atoms with Gasteiger partial charge in [-0.15, -0.1) is 0 Å². The van der Waals surface area contributed by atoms with Gasteiger partial charge in [-0.05, 0) is 43.2 Å². The number of hydrogen-bond acceptors (Lipinski definition) is 6. The number of nitrogens with zero attached hydrogens (tertiary/aromatic N) is 2. The van der Waals surface area contributed by atoms with E-state index >= 15 is 0 Å². The van der Waals surface area contributed by atoms with Crippen LogP contribution in [0.25, 0.3) is 27.6 Å². The average molecular weight is 465 g/mol. The van der Waals surface area contributed by atoms with Crippen LogP contribution < -0.4 is 15.6 Å². The van der Waals surface area contributed by atoms with Gasteiger partial charge < -0.3 is 19.8 Å². The first-order valence-corrected chi connectivity index (χ1v) is 11.8. The predicted molar refractivity (Wildman–Crippen MR) is 128 cm³/mol. The van der Waals surface area contributed by atoms with Gasteiger partial charge in [0.25, 0.3) is 5.56 Å². The van der Waals surface area contributed by atoms with E-state index in [9.17, 15) is 9.59 Å². The molecule has 0 unspecified atom stereocenters. The second-order valence-electron chi connectivity index (χ2n) is 7.85. The first-order valence-electron chi connectivity index (χ1n) is 10.8. The molecule has 33 heavy (non-hydrogen) atoms. The van der Waals surface area contributed by atoms with Crippen molar-refractivity contribution in [3.05, 3.63) is 58.9 Å². The third-order valence-electron chi connectivity index (χ3n) is 5.71. The number of hydrogen-bond donors (Lipinski definition) is 2. The topological polar surface area (TPSA) is 98.2 Å². The van der Waals surface area contributed by atoms with Gasteiger partial charge in [0.15, 0.2) is 5.16 Å². The second-order valence-corrected chi connectivity index (χ2v) is 8.80. The van der Waals surface area contributed by atoms with Crippen molar-refractivity contribution in [3.8, 4) is 11.4 Å². The Kier molecular flexibility index (Phi) is 6.06. The zero-order valence-electron chi connectivity index (χ0n) is 18.2. The molecular formula is C24H24N4O4S. The minimum absolute atomic E-state index is 0.0807. The molecule has 3 heterocycles. The molecule has 5 rings (SSSR count). The normalized spacial score (nSPS) is 15.8. The van der Waals surface area contributed by atoms with E-state index in [0.29, 0.717) is 34.2 Å². The van der Waals surface area contributed by atoms with Gasteiger partial charge in [0.2, 0.25) is 5.91 Å². The molecule has 2 aromatic heterocycles. The minimum atomic E-state index is -0.219. The Hall–Kier alpha value is -3.30. The number of rotatable bonds is 7. The van der Waals surface area contributed by atoms with E-state index in [4.69, 9.17) is 14.5 Å². The summed E-state index contributed by atoms with van der Waals surface area (Å²) in [6.45, 7) is 1.25. The van der Waals surface area contributed by atoms with E-state index in [0.717, 1.165) is 30.4 Å². The van der Waals surface area contributed by atoms with Crippen LogP contribution in [0.4, 0.5) is 0 Å². The zero-order chi connectivity index (χ0) is 22.8. The van der Waals surface area contributed by atoms with Crippen LogP contribution in [0.15, 0.2) is 58.5 Å². The van der Waals surface area contributed by atoms with Crippen LogP contribution in [0.3, 0.4) is 0 Å². The fourth-order valence-corrected chi connectivity index (χ4v) is 4.85. The third-order valence-corrected chi connectivity index (χ3v) is 6.65. The molecule has 170 valence electrons. The van der Waals surface area contributed by atoms with Crippen molar-refractivity contribution in [2.45, 2.75) is 24.1 Å². The van der Waals surface area contributed by atoms with Crippen LogP contribution in [0.1, 0.15) is 12.8 Å². The number of methoxy groups -OCH3 is 1. The van der Waals surface area contributed by atoms with Crippen molar-refractivity contribution in [2.24, 2.45) is 0 Å². The van der Waals surface area contributed by atoms with Crippen LogP contribution in [0, 0.1) is 0 Å². The summed E-state index contributed by atoms with van der Waals surface area (Å²) in [5.74, 6) is 0.711. The Morgan fingerprint density at radius 1 is 1.27 bits per heavy atom. The molecule has 1 amide bonds. The summed E-state index contributed by atoms with van der Waals surface area (Å²) in [6, 6.07) is 14.9. The first-order chi connectivity index (χ1) is 16.1. The average Bonchev–Trinajstić information content (AvgIpc) is 3.50. The largest absolute Gasteiger partial charge is 0.497 e. The number of ether oxygens (including phenoxy) is 2. The van der Waals surface area contributed by atoms with Crippen LogP contribution in [-0.2, 0) is 9.53 Å². The number of fused-ring (bicyclic) bond motifs is 3. The van der Waals surface area contributed by atoms with Crippen molar-refractivity contribution < 1.29 is 14.3 Å². The van der Waals surface area contributed by atoms with Crippen LogP contribution in [-0.4, -0.2) is 52.6 Å². The molecule has 1 fully saturated rings. The number of nitrogens with one attached hydrogen (secondary N) is 2. The molecule has 1 aliphatic rings. The highest BCUT2D eigenvalue weighted by Crippen LogP contribution is 2.27. The van der Waals surface area contributed by atoms with Gasteiger partial charge >= 0.3 is 0 Å². The summed E-state index contributed by atoms with van der Waals surface area (Å²) in [5, 5.41) is 4.25. The minimum Gasteiger partial charge on any atom is -0.497 e. The van der Waals surface area contributed by atoms with Crippen molar-refractivity contribution in [1.82, 2.24) is 19.9 Å². The van der Waals surface area contributed by atoms with Gasteiger partial charge in [-0.25, -0.2) is 4.98 Å². The lowest BCUT2D eigenvalue weighted by Gasteiger charge is -2.13. The third kappa shape index (κ3) is 4.34. The maximum absolute atomic E-state index is 13.5. The van der Waals surface area contributed by atoms with E-state index in [2.05, 4.69) is 10.3 Å². The summed E-state index contributed by atoms with van der Waals surface area (Å²) < 4.78 is 12.3. The highest BCUT2D eigenvalue weighted by Gasteiger charge is 2.19. The Bertz CT molecular complexity index is 1360. The highest BCUT2D eigenvalue weighted by atomic mass is 32.2. The smallest absolute Gasteiger partial charge is 0.283 e. The van der Waals surface area contributed by atoms with Gasteiger partial charge in [-0.1, -0.05) is 30.0 Å². The molecule has 8 nitrogen and oxygen atoms in total. The molecule has 9 heteroatoms. The zero-order valence-corrected chi connectivity index (χ0v) is 19.0. The van der Waals surface area contributed by atoms with E-state index in [-0.39, 0.29) is 23.3 Å². The van der Waals surface area contributed by atoms with Crippen LogP contribution in [0.5, 0.6) is 5.75 Å². The number of carbonyl (C=O) groups is 1. The number of H-pyrrole nitrogens is 1. The van der Waals surface area contributed by atoms with Crippen molar-refractivity contribution >= 4 is 39.6 Å². The molecule has 1 atom stereocenters. The molecule has 2 N–H and O–H groups in total. The lowest BCUT2D eigenvalue weighted by atomic mass is 10.2. The van der Waals surface area contributed by atoms with Crippen molar-refractivity contribution in [2.75, 3.05) is 26.0 Å². The summed E-state index contributed by atoms with van der Waals surface area (Å²) in [7, 11) is 1.59. The molecule has 0 aliphatic carbocycles. The van der Waals surface area contributed by atoms with Crippen molar-refractivity contribution in [3.63, 3.8) is 0 Å². The standard InChI is InChI=1S/C24H24N4O4S/c1-31-16-10-8-15(9-11-16)28-23(30)22-21(18-6-2-3-7-19(18)26-22)27-24(28)33-14-20(29)25-13-17-5-4-12-32-17/h2-3,6-11,17,26H,4-5,12-14H2,1H3,(H,25,29)/t17-/m1/s1. The fraction of sp³-hybridized carbons (Fsp3) is 0.292. The molecule has 0 radical (unpaired) electrons. The van der Waals surface area contributed by atoms with Gasteiger partial charge in [-0.2, -0.15) is 0 Å². The van der Waals surface area contributed by atoms with Crippen molar-refractivity contribution in [1.29, 1.82) is 0 Å². The summed E-state index contributed by atoms with van der Waals surface area (Å²) in [6.07, 6.45) is 2.07. The van der Waals surface area contributed by atoms with E-state index in [1.807, 2.05) is 24.3 Å². The van der Waals surface area contributed by atoms with Gasteiger partial charge in [0.05, 0.1) is 24.7 Å². The number of thioether (sulfide) groups is 1. The number of carbonyl (C=O) groups excluding carboxylic acids is 1. The molecule has 2 aromatic carbocycles. The number of amides is 1. The molecule has 4 aromatic rings. The maximum Gasteiger partial charge on any atom is 0.283 e. The SMILES string of the molecule is COc1ccc(-n2c(SCC(=O)NC[C@H]3CCCO3)nc3c([nH]c4ccccc43)c2=O)cc1. The second kappa shape index (κ2) is 9.29. The van der Waals surface area contributed by atoms with Gasteiger partial charge in [0, 0.05) is 24.1 Å². The fourth-order valence-electron chi connectivity index (χ4n) is 4.01. The van der Waals surface area contributed by atoms with Crippen LogP contribution >= 0.6 is 11.8 Å². The lowest BCUT2D eigenvalue weighted by Crippen LogP contribution is -2.33. The predicted octanol–water partition coefficient (Wildman–Crippen LogP) is 3.26. The monoisotopic (exact) mass is 464 g/mol. The van der Waals surface area contributed by atoms with Crippen LogP contribution in [0.2, 0.25) is 0 Å². The number of aromatic nitrogens is 3. The first kappa shape index (κ1) is 21.5. The molecular weight excluding hydrogens is 440 g/mol. The van der Waals surface area contributed by atoms with E-state index < -0.39 is 0 Å². The summed E-state index contributed by atoms with van der Waals surface area (Å²) in [5.41, 5.74) is 2.30. The molecule has 1 aliphatic heterocycles. The number of benzene rings is 2. The van der Waals surface area contributed by atoms with Gasteiger partial charge in [0.1, 0.15) is 16.8 Å². The Balaban J connectivity index is 1.50. The number of para-hydroxylation sites is 1. The Labute approximate surface area is 194 Å². The Morgan fingerprint density at radius 3 is 2.85 bits per heavy atom. The maximum atomic E-state index is 13.5. The van der Waals surface area contributed by atoms with E-state index in [1.165, 1.54) is 16.3 Å². The summed E-state index contributed by atoms with van der Waals surface area (Å²) in [4.78, 5) is 34.0. The molecule has 1 saturated heterocycles. The number of aromatic amines is 1. The lowest BCUT2D eigenvalue weighted by molar-refractivity contribution is -0.119. The quantitative estimate of drug-likeness (QED) is 0.322. The highest BCUT2D eigenvalue weighted by molar-refractivity contribution is 7.99.